The van der Waals surface area contributed by atoms with E-state index < -0.39 is 17.7 Å². The number of hydrogen-bond donors (Lipinski definition) is 1. The van der Waals surface area contributed by atoms with Crippen LogP contribution >= 0.6 is 0 Å². The van der Waals surface area contributed by atoms with E-state index in [9.17, 15) is 14.7 Å². The van der Waals surface area contributed by atoms with Gasteiger partial charge in [0.25, 0.3) is 5.78 Å². The van der Waals surface area contributed by atoms with Crippen molar-refractivity contribution in [2.24, 2.45) is 0 Å². The highest BCUT2D eigenvalue weighted by atomic mass is 16.3. The Balaban J connectivity index is 1.95. The van der Waals surface area contributed by atoms with Crippen molar-refractivity contribution in [2.45, 2.75) is 6.04 Å². The van der Waals surface area contributed by atoms with Gasteiger partial charge in [-0.05, 0) is 23.8 Å². The molecule has 132 valence electrons. The average molecular weight is 357 g/mol. The lowest BCUT2D eigenvalue weighted by Gasteiger charge is -2.24. The molecule has 6 nitrogen and oxygen atoms in total. The van der Waals surface area contributed by atoms with Gasteiger partial charge in [0.1, 0.15) is 11.6 Å². The number of rotatable bonds is 3. The van der Waals surface area contributed by atoms with Gasteiger partial charge in [-0.2, -0.15) is 0 Å². The standard InChI is InChI=1S/C21H15N3O3/c25-19(14-7-2-1-3-8-14)17-18(15-9-6-11-22-13-15)24(21(27)20(17)26)16-10-4-5-12-23-16/h1-13,18,25H. The summed E-state index contributed by atoms with van der Waals surface area (Å²) in [6.07, 6.45) is 4.73. The number of ketones is 1. The van der Waals surface area contributed by atoms with Gasteiger partial charge in [0, 0.05) is 24.2 Å². The molecule has 27 heavy (non-hydrogen) atoms. The third-order valence-corrected chi connectivity index (χ3v) is 4.39. The van der Waals surface area contributed by atoms with Crippen LogP contribution in [0.3, 0.4) is 0 Å². The topological polar surface area (TPSA) is 83.4 Å². The van der Waals surface area contributed by atoms with Crippen LogP contribution in [-0.2, 0) is 9.59 Å². The quantitative estimate of drug-likeness (QED) is 0.442. The number of benzene rings is 1. The van der Waals surface area contributed by atoms with Gasteiger partial charge >= 0.3 is 5.91 Å². The number of nitrogens with zero attached hydrogens (tertiary/aromatic N) is 3. The third kappa shape index (κ3) is 2.87. The number of hydrogen-bond acceptors (Lipinski definition) is 5. The molecule has 1 aliphatic heterocycles. The van der Waals surface area contributed by atoms with Gasteiger partial charge in [0.05, 0.1) is 11.6 Å². The summed E-state index contributed by atoms with van der Waals surface area (Å²) in [5.74, 6) is -1.38. The van der Waals surface area contributed by atoms with Crippen LogP contribution in [0.1, 0.15) is 17.2 Å². The Morgan fingerprint density at radius 1 is 0.926 bits per heavy atom. The number of pyridine rings is 2. The lowest BCUT2D eigenvalue weighted by molar-refractivity contribution is -0.132. The molecule has 0 bridgehead atoms. The maximum absolute atomic E-state index is 12.8. The van der Waals surface area contributed by atoms with E-state index in [1.807, 2.05) is 6.07 Å². The molecule has 1 aromatic carbocycles. The minimum atomic E-state index is -0.811. The Morgan fingerprint density at radius 3 is 2.37 bits per heavy atom. The Morgan fingerprint density at radius 2 is 1.70 bits per heavy atom. The SMILES string of the molecule is O=C1C(=O)N(c2ccccn2)C(c2cccnc2)C1=C(O)c1ccccc1. The summed E-state index contributed by atoms with van der Waals surface area (Å²) in [5, 5.41) is 10.8. The van der Waals surface area contributed by atoms with Crippen LogP contribution in [-0.4, -0.2) is 26.8 Å². The van der Waals surface area contributed by atoms with Crippen molar-refractivity contribution < 1.29 is 14.7 Å². The molecule has 3 aromatic rings. The van der Waals surface area contributed by atoms with Crippen molar-refractivity contribution in [3.8, 4) is 0 Å². The van der Waals surface area contributed by atoms with E-state index in [0.29, 0.717) is 16.9 Å². The molecule has 1 amide bonds. The van der Waals surface area contributed by atoms with Gasteiger partial charge in [-0.3, -0.25) is 19.5 Å². The van der Waals surface area contributed by atoms with Gasteiger partial charge in [-0.1, -0.05) is 42.5 Å². The minimum absolute atomic E-state index is 0.0184. The molecule has 4 rings (SSSR count). The zero-order valence-electron chi connectivity index (χ0n) is 14.2. The molecule has 1 saturated heterocycles. The largest absolute Gasteiger partial charge is 0.507 e. The van der Waals surface area contributed by atoms with Crippen molar-refractivity contribution in [3.05, 3.63) is 96.0 Å². The monoisotopic (exact) mass is 357 g/mol. The zero-order valence-corrected chi connectivity index (χ0v) is 14.2. The first-order valence-corrected chi connectivity index (χ1v) is 8.36. The second-order valence-electron chi connectivity index (χ2n) is 6.01. The lowest BCUT2D eigenvalue weighted by atomic mass is 9.96. The molecular formula is C21H15N3O3. The molecule has 2 aromatic heterocycles. The van der Waals surface area contributed by atoms with Crippen LogP contribution in [0, 0.1) is 0 Å². The van der Waals surface area contributed by atoms with Crippen molar-refractivity contribution in [1.82, 2.24) is 9.97 Å². The summed E-state index contributed by atoms with van der Waals surface area (Å²) in [6.45, 7) is 0. The Kier molecular flexibility index (Phi) is 4.22. The van der Waals surface area contributed by atoms with Gasteiger partial charge in [-0.25, -0.2) is 4.98 Å². The molecule has 1 unspecified atom stereocenters. The van der Waals surface area contributed by atoms with Crippen LogP contribution in [0.15, 0.2) is 84.8 Å². The van der Waals surface area contributed by atoms with Gasteiger partial charge in [0.2, 0.25) is 0 Å². The highest BCUT2D eigenvalue weighted by Crippen LogP contribution is 2.41. The van der Waals surface area contributed by atoms with Crippen LogP contribution in [0.5, 0.6) is 0 Å². The maximum Gasteiger partial charge on any atom is 0.301 e. The first-order chi connectivity index (χ1) is 13.2. The van der Waals surface area contributed by atoms with E-state index in [1.165, 1.54) is 4.90 Å². The van der Waals surface area contributed by atoms with Crippen molar-refractivity contribution >= 4 is 23.3 Å². The summed E-state index contributed by atoms with van der Waals surface area (Å²) in [6, 6.07) is 16.5. The second kappa shape index (κ2) is 6.84. The predicted molar refractivity (Wildman–Crippen MR) is 99.7 cm³/mol. The van der Waals surface area contributed by atoms with E-state index in [1.54, 1.807) is 73.2 Å². The lowest BCUT2D eigenvalue weighted by Crippen LogP contribution is -2.30. The van der Waals surface area contributed by atoms with Gasteiger partial charge in [0.15, 0.2) is 0 Å². The fourth-order valence-electron chi connectivity index (χ4n) is 3.17. The molecular weight excluding hydrogens is 342 g/mol. The van der Waals surface area contributed by atoms with Gasteiger partial charge < -0.3 is 5.11 Å². The fourth-order valence-corrected chi connectivity index (χ4v) is 3.17. The Labute approximate surface area is 155 Å². The minimum Gasteiger partial charge on any atom is -0.507 e. The van der Waals surface area contributed by atoms with E-state index >= 15 is 0 Å². The highest BCUT2D eigenvalue weighted by Gasteiger charge is 2.47. The van der Waals surface area contributed by atoms with E-state index in [2.05, 4.69) is 9.97 Å². The first kappa shape index (κ1) is 16.7. The summed E-state index contributed by atoms with van der Waals surface area (Å²) in [4.78, 5) is 35.3. The molecule has 0 aliphatic carbocycles. The smallest absolute Gasteiger partial charge is 0.301 e. The summed E-state index contributed by atoms with van der Waals surface area (Å²) >= 11 is 0. The average Bonchev–Trinajstić information content (AvgIpc) is 3.00. The fraction of sp³-hybridized carbons (Fsp3) is 0.0476. The van der Waals surface area contributed by atoms with Crippen LogP contribution in [0.2, 0.25) is 0 Å². The number of anilines is 1. The number of aliphatic hydroxyl groups excluding tert-OH is 1. The maximum atomic E-state index is 12.8. The molecule has 1 atom stereocenters. The normalized spacial score (nSPS) is 18.7. The number of carbonyl (C=O) groups excluding carboxylic acids is 2. The summed E-state index contributed by atoms with van der Waals surface area (Å²) in [5.41, 5.74) is 1.09. The van der Waals surface area contributed by atoms with E-state index in [4.69, 9.17) is 0 Å². The Bertz CT molecular complexity index is 1020. The zero-order chi connectivity index (χ0) is 18.8. The number of aromatic nitrogens is 2. The number of carbonyl (C=O) groups is 2. The molecule has 0 spiro atoms. The predicted octanol–water partition coefficient (Wildman–Crippen LogP) is 3.10. The molecule has 6 heteroatoms. The number of amides is 1. The highest BCUT2D eigenvalue weighted by molar-refractivity contribution is 6.51. The molecule has 3 heterocycles. The van der Waals surface area contributed by atoms with Crippen molar-refractivity contribution in [1.29, 1.82) is 0 Å². The molecule has 1 aliphatic rings. The van der Waals surface area contributed by atoms with Crippen molar-refractivity contribution in [3.63, 3.8) is 0 Å². The van der Waals surface area contributed by atoms with Crippen LogP contribution < -0.4 is 4.90 Å². The van der Waals surface area contributed by atoms with Crippen molar-refractivity contribution in [2.75, 3.05) is 4.90 Å². The summed E-state index contributed by atoms with van der Waals surface area (Å²) in [7, 11) is 0. The van der Waals surface area contributed by atoms with Crippen LogP contribution in [0.25, 0.3) is 5.76 Å². The second-order valence-corrected chi connectivity index (χ2v) is 6.01. The first-order valence-electron chi connectivity index (χ1n) is 8.36. The van der Waals surface area contributed by atoms with Crippen LogP contribution in [0.4, 0.5) is 5.82 Å². The Hall–Kier alpha value is -3.80. The molecule has 1 N–H and O–H groups in total. The summed E-state index contributed by atoms with van der Waals surface area (Å²) < 4.78 is 0. The third-order valence-electron chi connectivity index (χ3n) is 4.39. The number of Topliss-reactive ketones (excluding diaryl/α,β-unsaturated/α-hetero) is 1. The molecule has 1 fully saturated rings. The van der Waals surface area contributed by atoms with E-state index in [0.717, 1.165) is 0 Å². The van der Waals surface area contributed by atoms with Gasteiger partial charge in [-0.15, -0.1) is 0 Å². The number of aliphatic hydroxyl groups is 1. The van der Waals surface area contributed by atoms with E-state index in [-0.39, 0.29) is 11.3 Å². The molecule has 0 saturated carbocycles. The molecule has 0 radical (unpaired) electrons.